The molecule has 0 unspecified atom stereocenters. The van der Waals surface area contributed by atoms with Crippen molar-refractivity contribution < 1.29 is 14.3 Å². The number of esters is 1. The van der Waals surface area contributed by atoms with Crippen LogP contribution in [0.5, 0.6) is 0 Å². The number of ether oxygens (including phenoxy) is 1. The van der Waals surface area contributed by atoms with Gasteiger partial charge in [0.1, 0.15) is 0 Å². The third-order valence-electron chi connectivity index (χ3n) is 1.97. The van der Waals surface area contributed by atoms with E-state index in [4.69, 9.17) is 10.9 Å². The summed E-state index contributed by atoms with van der Waals surface area (Å²) in [6.07, 6.45) is 0. The van der Waals surface area contributed by atoms with E-state index in [1.807, 2.05) is 0 Å². The fourth-order valence-electron chi connectivity index (χ4n) is 1.16. The van der Waals surface area contributed by atoms with Crippen LogP contribution in [0.2, 0.25) is 0 Å². The SMILES string of the molecule is COC(=O)C(=N)C(=O)c1ccc(Br)cc1N=[N+]=[N-]. The number of hydrogen-bond donors (Lipinski definition) is 1. The highest BCUT2D eigenvalue weighted by molar-refractivity contribution is 9.10. The summed E-state index contributed by atoms with van der Waals surface area (Å²) in [4.78, 5) is 25.5. The Morgan fingerprint density at radius 3 is 2.72 bits per heavy atom. The smallest absolute Gasteiger partial charge is 0.360 e. The van der Waals surface area contributed by atoms with Crippen molar-refractivity contribution in [1.82, 2.24) is 0 Å². The van der Waals surface area contributed by atoms with E-state index < -0.39 is 17.5 Å². The minimum absolute atomic E-state index is 0.0329. The number of nitrogens with one attached hydrogen (secondary N) is 1. The lowest BCUT2D eigenvalue weighted by atomic mass is 10.1. The lowest BCUT2D eigenvalue weighted by Gasteiger charge is -2.05. The van der Waals surface area contributed by atoms with Crippen molar-refractivity contribution in [2.24, 2.45) is 5.11 Å². The van der Waals surface area contributed by atoms with Gasteiger partial charge >= 0.3 is 5.97 Å². The number of benzene rings is 1. The van der Waals surface area contributed by atoms with Crippen LogP contribution in [0.15, 0.2) is 27.8 Å². The third kappa shape index (κ3) is 2.93. The molecule has 1 aromatic rings. The summed E-state index contributed by atoms with van der Waals surface area (Å²) in [5, 5.41) is 10.7. The molecule has 0 aliphatic heterocycles. The van der Waals surface area contributed by atoms with Crippen molar-refractivity contribution in [2.75, 3.05) is 7.11 Å². The monoisotopic (exact) mass is 310 g/mol. The number of rotatable bonds is 4. The van der Waals surface area contributed by atoms with Gasteiger partial charge in [0.25, 0.3) is 0 Å². The predicted molar refractivity (Wildman–Crippen MR) is 67.0 cm³/mol. The molecule has 92 valence electrons. The fraction of sp³-hybridized carbons (Fsp3) is 0.100. The highest BCUT2D eigenvalue weighted by atomic mass is 79.9. The molecule has 0 fully saturated rings. The number of nitrogens with zero attached hydrogens (tertiary/aromatic N) is 3. The van der Waals surface area contributed by atoms with Crippen molar-refractivity contribution in [3.8, 4) is 0 Å². The Hall–Kier alpha value is -2.18. The van der Waals surface area contributed by atoms with E-state index in [0.29, 0.717) is 4.47 Å². The topological polar surface area (TPSA) is 116 Å². The highest BCUT2D eigenvalue weighted by Crippen LogP contribution is 2.25. The van der Waals surface area contributed by atoms with Gasteiger partial charge < -0.3 is 4.74 Å². The van der Waals surface area contributed by atoms with Gasteiger partial charge in [-0.3, -0.25) is 10.2 Å². The van der Waals surface area contributed by atoms with E-state index in [9.17, 15) is 9.59 Å². The first-order chi connectivity index (χ1) is 8.51. The van der Waals surface area contributed by atoms with Crippen molar-refractivity contribution in [3.63, 3.8) is 0 Å². The van der Waals surface area contributed by atoms with Crippen LogP contribution < -0.4 is 0 Å². The van der Waals surface area contributed by atoms with Crippen molar-refractivity contribution >= 4 is 39.1 Å². The molecule has 0 heterocycles. The van der Waals surface area contributed by atoms with Gasteiger partial charge in [-0.1, -0.05) is 21.0 Å². The highest BCUT2D eigenvalue weighted by Gasteiger charge is 2.22. The Morgan fingerprint density at radius 1 is 1.50 bits per heavy atom. The molecular formula is C10H7BrN4O3. The molecule has 0 aliphatic rings. The molecule has 0 saturated heterocycles. The third-order valence-corrected chi connectivity index (χ3v) is 2.47. The largest absolute Gasteiger partial charge is 0.464 e. The Morgan fingerprint density at radius 2 is 2.17 bits per heavy atom. The maximum Gasteiger partial charge on any atom is 0.360 e. The number of Topliss-reactive ketones (excluding diaryl/α,β-unsaturated/α-hetero) is 1. The average Bonchev–Trinajstić information content (AvgIpc) is 2.37. The van der Waals surface area contributed by atoms with E-state index >= 15 is 0 Å². The Balaban J connectivity index is 3.25. The van der Waals surface area contributed by atoms with Crippen molar-refractivity contribution in [3.05, 3.63) is 38.7 Å². The van der Waals surface area contributed by atoms with E-state index in [1.165, 1.54) is 18.2 Å². The second-order valence-electron chi connectivity index (χ2n) is 3.05. The first-order valence-electron chi connectivity index (χ1n) is 4.57. The summed E-state index contributed by atoms with van der Waals surface area (Å²) in [7, 11) is 1.07. The molecule has 8 heteroatoms. The zero-order valence-corrected chi connectivity index (χ0v) is 10.8. The normalized spacial score (nSPS) is 9.22. The summed E-state index contributed by atoms with van der Waals surface area (Å²) in [6, 6.07) is 4.31. The maximum atomic E-state index is 11.8. The molecule has 7 nitrogen and oxygen atoms in total. The summed E-state index contributed by atoms with van der Waals surface area (Å²) < 4.78 is 4.88. The number of methoxy groups -OCH3 is 1. The fourth-order valence-corrected chi connectivity index (χ4v) is 1.51. The second kappa shape index (κ2) is 5.95. The maximum absolute atomic E-state index is 11.8. The quantitative estimate of drug-likeness (QED) is 0.175. The molecule has 1 rings (SSSR count). The standard InChI is InChI=1S/C10H7BrN4O3/c1-18-10(17)8(12)9(16)6-3-2-5(11)4-7(6)14-15-13/h2-4,12H,1H3. The van der Waals surface area contributed by atoms with Crippen molar-refractivity contribution in [1.29, 1.82) is 5.41 Å². The first-order valence-corrected chi connectivity index (χ1v) is 5.36. The van der Waals surface area contributed by atoms with Gasteiger partial charge in [-0.05, 0) is 23.7 Å². The van der Waals surface area contributed by atoms with Crippen LogP contribution in [0.3, 0.4) is 0 Å². The van der Waals surface area contributed by atoms with E-state index in [0.717, 1.165) is 7.11 Å². The molecule has 0 bridgehead atoms. The number of azide groups is 1. The summed E-state index contributed by atoms with van der Waals surface area (Å²) in [5.74, 6) is -1.91. The molecule has 1 aromatic carbocycles. The molecule has 0 amide bonds. The summed E-state index contributed by atoms with van der Waals surface area (Å²) in [5.41, 5.74) is 7.57. The number of ketones is 1. The molecule has 18 heavy (non-hydrogen) atoms. The molecule has 0 radical (unpaired) electrons. The van der Waals surface area contributed by atoms with Crippen LogP contribution in [-0.4, -0.2) is 24.6 Å². The van der Waals surface area contributed by atoms with Crippen LogP contribution in [0, 0.1) is 5.41 Å². The Kier molecular flexibility index (Phi) is 4.59. The van der Waals surface area contributed by atoms with Gasteiger partial charge in [-0.25, -0.2) is 4.79 Å². The zero-order valence-electron chi connectivity index (χ0n) is 9.18. The zero-order chi connectivity index (χ0) is 13.7. The second-order valence-corrected chi connectivity index (χ2v) is 3.96. The number of halogens is 1. The molecule has 0 aliphatic carbocycles. The molecule has 0 spiro atoms. The van der Waals surface area contributed by atoms with Crippen LogP contribution >= 0.6 is 15.9 Å². The molecule has 1 N–H and O–H groups in total. The van der Waals surface area contributed by atoms with E-state index in [2.05, 4.69) is 30.7 Å². The number of carbonyl (C=O) groups is 2. The summed E-state index contributed by atoms with van der Waals surface area (Å²) in [6.45, 7) is 0. The number of hydrogen-bond acceptors (Lipinski definition) is 5. The van der Waals surface area contributed by atoms with E-state index in [1.54, 1.807) is 0 Å². The summed E-state index contributed by atoms with van der Waals surface area (Å²) >= 11 is 3.16. The van der Waals surface area contributed by atoms with Gasteiger partial charge in [0.2, 0.25) is 5.78 Å². The molecular weight excluding hydrogens is 304 g/mol. The van der Waals surface area contributed by atoms with Gasteiger partial charge in [0.05, 0.1) is 7.11 Å². The molecule has 0 saturated carbocycles. The van der Waals surface area contributed by atoms with Crippen LogP contribution in [-0.2, 0) is 9.53 Å². The molecule has 0 atom stereocenters. The Bertz CT molecular complexity index is 578. The van der Waals surface area contributed by atoms with Gasteiger partial charge in [-0.15, -0.1) is 0 Å². The minimum Gasteiger partial charge on any atom is -0.464 e. The lowest BCUT2D eigenvalue weighted by Crippen LogP contribution is -2.24. The Labute approximate surface area is 110 Å². The average molecular weight is 311 g/mol. The van der Waals surface area contributed by atoms with Crippen molar-refractivity contribution in [2.45, 2.75) is 0 Å². The number of carbonyl (C=O) groups excluding carboxylic acids is 2. The van der Waals surface area contributed by atoms with Gasteiger partial charge in [-0.2, -0.15) is 0 Å². The van der Waals surface area contributed by atoms with Crippen LogP contribution in [0.25, 0.3) is 10.4 Å². The van der Waals surface area contributed by atoms with E-state index in [-0.39, 0.29) is 11.3 Å². The van der Waals surface area contributed by atoms with Gasteiger partial charge in [0, 0.05) is 20.6 Å². The van der Waals surface area contributed by atoms with Crippen LogP contribution in [0.1, 0.15) is 10.4 Å². The lowest BCUT2D eigenvalue weighted by molar-refractivity contribution is -0.132. The molecule has 0 aromatic heterocycles. The predicted octanol–water partition coefficient (Wildman–Crippen LogP) is 2.77. The van der Waals surface area contributed by atoms with Crippen LogP contribution in [0.4, 0.5) is 5.69 Å². The minimum atomic E-state index is -1.05. The van der Waals surface area contributed by atoms with Gasteiger partial charge in [0.15, 0.2) is 5.71 Å². The first kappa shape index (κ1) is 13.9.